The fourth-order valence-corrected chi connectivity index (χ4v) is 4.02. The second-order valence-corrected chi connectivity index (χ2v) is 6.87. The Labute approximate surface area is 146 Å². The number of carbonyl (C=O) groups is 2. The van der Waals surface area contributed by atoms with Crippen molar-refractivity contribution >= 4 is 11.8 Å². The van der Waals surface area contributed by atoms with Gasteiger partial charge in [-0.2, -0.15) is 0 Å². The minimum absolute atomic E-state index is 0.00623. The first kappa shape index (κ1) is 15.9. The Morgan fingerprint density at radius 3 is 2.76 bits per heavy atom. The van der Waals surface area contributed by atoms with Gasteiger partial charge in [-0.15, -0.1) is 0 Å². The van der Waals surface area contributed by atoms with E-state index in [1.54, 1.807) is 12.3 Å². The van der Waals surface area contributed by atoms with Gasteiger partial charge >= 0.3 is 0 Å². The van der Waals surface area contributed by atoms with Crippen LogP contribution in [-0.4, -0.2) is 45.2 Å². The standard InChI is InChI=1S/C19H21N3O3/c23-17-3-5-19(22(17)13-15-2-1-8-20-12-15)6-9-21(10-7-19)18(24)16-4-11-25-14-16/h1-2,4,8,11-12,14H,3,5-7,9-10,13H2. The Balaban J connectivity index is 1.47. The maximum atomic E-state index is 12.5. The highest BCUT2D eigenvalue weighted by atomic mass is 16.3. The lowest BCUT2D eigenvalue weighted by Gasteiger charge is -2.45. The van der Waals surface area contributed by atoms with Crippen molar-refractivity contribution in [1.29, 1.82) is 0 Å². The number of hydrogen-bond donors (Lipinski definition) is 0. The molecular formula is C19H21N3O3. The van der Waals surface area contributed by atoms with E-state index in [1.807, 2.05) is 28.1 Å². The molecule has 2 aromatic heterocycles. The predicted molar refractivity (Wildman–Crippen MR) is 90.6 cm³/mol. The number of aromatic nitrogens is 1. The number of amides is 2. The molecule has 1 spiro atoms. The van der Waals surface area contributed by atoms with Crippen LogP contribution >= 0.6 is 0 Å². The molecule has 2 amide bonds. The smallest absolute Gasteiger partial charge is 0.257 e. The van der Waals surface area contributed by atoms with Crippen molar-refractivity contribution in [3.8, 4) is 0 Å². The zero-order chi connectivity index (χ0) is 17.3. The number of hydrogen-bond acceptors (Lipinski definition) is 4. The van der Waals surface area contributed by atoms with E-state index in [9.17, 15) is 9.59 Å². The topological polar surface area (TPSA) is 66.7 Å². The van der Waals surface area contributed by atoms with Crippen LogP contribution in [0.5, 0.6) is 0 Å². The summed E-state index contributed by atoms with van der Waals surface area (Å²) in [5, 5.41) is 0. The van der Waals surface area contributed by atoms with Crippen LogP contribution in [0.25, 0.3) is 0 Å². The van der Waals surface area contributed by atoms with Gasteiger partial charge in [0.15, 0.2) is 0 Å². The third-order valence-electron chi connectivity index (χ3n) is 5.49. The van der Waals surface area contributed by atoms with Gasteiger partial charge in [-0.3, -0.25) is 14.6 Å². The van der Waals surface area contributed by atoms with E-state index in [0.717, 1.165) is 24.8 Å². The summed E-state index contributed by atoms with van der Waals surface area (Å²) >= 11 is 0. The third-order valence-corrected chi connectivity index (χ3v) is 5.49. The summed E-state index contributed by atoms with van der Waals surface area (Å²) in [4.78, 5) is 33.0. The number of pyridine rings is 1. The van der Waals surface area contributed by atoms with E-state index in [0.29, 0.717) is 31.6 Å². The van der Waals surface area contributed by atoms with Crippen LogP contribution in [0.15, 0.2) is 47.5 Å². The van der Waals surface area contributed by atoms with E-state index < -0.39 is 0 Å². The molecule has 2 aliphatic rings. The summed E-state index contributed by atoms with van der Waals surface area (Å²) in [5.41, 5.74) is 1.51. The molecule has 130 valence electrons. The van der Waals surface area contributed by atoms with Crippen LogP contribution < -0.4 is 0 Å². The number of piperidine rings is 1. The largest absolute Gasteiger partial charge is 0.472 e. The van der Waals surface area contributed by atoms with Gasteiger partial charge in [-0.1, -0.05) is 6.07 Å². The molecule has 25 heavy (non-hydrogen) atoms. The molecule has 0 radical (unpaired) electrons. The molecule has 0 unspecified atom stereocenters. The highest BCUT2D eigenvalue weighted by molar-refractivity contribution is 5.94. The van der Waals surface area contributed by atoms with Gasteiger partial charge in [-0.25, -0.2) is 0 Å². The molecule has 4 heterocycles. The molecule has 2 saturated heterocycles. The fraction of sp³-hybridized carbons (Fsp3) is 0.421. The van der Waals surface area contributed by atoms with Crippen LogP contribution in [0.2, 0.25) is 0 Å². The average molecular weight is 339 g/mol. The van der Waals surface area contributed by atoms with E-state index in [4.69, 9.17) is 4.42 Å². The number of likely N-dealkylation sites (tertiary alicyclic amines) is 2. The monoisotopic (exact) mass is 339 g/mol. The maximum Gasteiger partial charge on any atom is 0.257 e. The molecule has 0 atom stereocenters. The molecule has 0 saturated carbocycles. The second kappa shape index (κ2) is 6.35. The first-order valence-corrected chi connectivity index (χ1v) is 8.69. The van der Waals surface area contributed by atoms with Crippen LogP contribution in [0.4, 0.5) is 0 Å². The summed E-state index contributed by atoms with van der Waals surface area (Å²) < 4.78 is 5.01. The summed E-state index contributed by atoms with van der Waals surface area (Å²) in [6.07, 6.45) is 9.67. The van der Waals surface area contributed by atoms with Crippen molar-refractivity contribution < 1.29 is 14.0 Å². The van der Waals surface area contributed by atoms with Gasteiger partial charge < -0.3 is 14.2 Å². The lowest BCUT2D eigenvalue weighted by Crippen LogP contribution is -2.53. The highest BCUT2D eigenvalue weighted by Gasteiger charge is 2.47. The molecule has 0 N–H and O–H groups in total. The summed E-state index contributed by atoms with van der Waals surface area (Å²) in [6.45, 7) is 1.93. The molecule has 2 aliphatic heterocycles. The first-order chi connectivity index (χ1) is 12.2. The van der Waals surface area contributed by atoms with Crippen molar-refractivity contribution in [3.63, 3.8) is 0 Å². The maximum absolute atomic E-state index is 12.5. The van der Waals surface area contributed by atoms with Crippen molar-refractivity contribution in [1.82, 2.24) is 14.8 Å². The van der Waals surface area contributed by atoms with E-state index >= 15 is 0 Å². The van der Waals surface area contributed by atoms with Gasteiger partial charge in [0.1, 0.15) is 6.26 Å². The average Bonchev–Trinajstić information content (AvgIpc) is 3.28. The Morgan fingerprint density at radius 1 is 1.24 bits per heavy atom. The molecule has 6 heteroatoms. The van der Waals surface area contributed by atoms with Gasteiger partial charge in [0.25, 0.3) is 5.91 Å². The molecule has 6 nitrogen and oxygen atoms in total. The Morgan fingerprint density at radius 2 is 2.08 bits per heavy atom. The molecule has 2 fully saturated rings. The third kappa shape index (κ3) is 2.92. The van der Waals surface area contributed by atoms with Crippen molar-refractivity contribution in [2.75, 3.05) is 13.1 Å². The molecule has 0 aromatic carbocycles. The lowest BCUT2D eigenvalue weighted by atomic mass is 9.84. The lowest BCUT2D eigenvalue weighted by molar-refractivity contribution is -0.133. The minimum Gasteiger partial charge on any atom is -0.472 e. The second-order valence-electron chi connectivity index (χ2n) is 6.87. The number of rotatable bonds is 3. The fourth-order valence-electron chi connectivity index (χ4n) is 4.02. The number of carbonyl (C=O) groups excluding carboxylic acids is 2. The molecule has 0 aliphatic carbocycles. The predicted octanol–water partition coefficient (Wildman–Crippen LogP) is 2.47. The van der Waals surface area contributed by atoms with E-state index in [2.05, 4.69) is 4.98 Å². The SMILES string of the molecule is O=C(c1ccoc1)N1CCC2(CCC(=O)N2Cc2cccnc2)CC1. The van der Waals surface area contributed by atoms with Gasteiger partial charge in [-0.05, 0) is 37.0 Å². The zero-order valence-electron chi connectivity index (χ0n) is 14.1. The zero-order valence-corrected chi connectivity index (χ0v) is 14.1. The summed E-state index contributed by atoms with van der Waals surface area (Å²) in [5.74, 6) is 0.213. The van der Waals surface area contributed by atoms with Gasteiger partial charge in [0, 0.05) is 44.0 Å². The molecule has 2 aromatic rings. The normalized spacial score (nSPS) is 19.6. The summed E-state index contributed by atoms with van der Waals surface area (Å²) in [7, 11) is 0. The van der Waals surface area contributed by atoms with Crippen LogP contribution in [0.1, 0.15) is 41.6 Å². The van der Waals surface area contributed by atoms with E-state index in [1.165, 1.54) is 12.5 Å². The van der Waals surface area contributed by atoms with Crippen molar-refractivity contribution in [2.45, 2.75) is 37.8 Å². The first-order valence-electron chi connectivity index (χ1n) is 8.69. The van der Waals surface area contributed by atoms with Crippen molar-refractivity contribution in [3.05, 3.63) is 54.2 Å². The Hall–Kier alpha value is -2.63. The summed E-state index contributed by atoms with van der Waals surface area (Å²) in [6, 6.07) is 5.60. The number of furan rings is 1. The van der Waals surface area contributed by atoms with Crippen LogP contribution in [0, 0.1) is 0 Å². The van der Waals surface area contributed by atoms with Crippen LogP contribution in [-0.2, 0) is 11.3 Å². The minimum atomic E-state index is -0.125. The Bertz CT molecular complexity index is 749. The van der Waals surface area contributed by atoms with Crippen molar-refractivity contribution in [2.24, 2.45) is 0 Å². The Kier molecular flexibility index (Phi) is 4.03. The quantitative estimate of drug-likeness (QED) is 0.861. The van der Waals surface area contributed by atoms with Gasteiger partial charge in [0.05, 0.1) is 11.8 Å². The van der Waals surface area contributed by atoms with Crippen LogP contribution in [0.3, 0.4) is 0 Å². The molecule has 4 rings (SSSR count). The highest BCUT2D eigenvalue weighted by Crippen LogP contribution is 2.40. The number of nitrogens with zero attached hydrogens (tertiary/aromatic N) is 3. The van der Waals surface area contributed by atoms with Gasteiger partial charge in [0.2, 0.25) is 5.91 Å². The molecular weight excluding hydrogens is 318 g/mol. The van der Waals surface area contributed by atoms with E-state index in [-0.39, 0.29) is 17.4 Å². The molecule has 0 bridgehead atoms.